The van der Waals surface area contributed by atoms with Crippen LogP contribution in [0.4, 0.5) is 14.9 Å². The fourth-order valence-corrected chi connectivity index (χ4v) is 2.92. The van der Waals surface area contributed by atoms with Crippen molar-refractivity contribution in [2.24, 2.45) is 16.5 Å². The Kier molecular flexibility index (Phi) is 7.24. The maximum Gasteiger partial charge on any atom is 0.437 e. The van der Waals surface area contributed by atoms with Crippen molar-refractivity contribution < 1.29 is 23.4 Å². The minimum Gasteiger partial charge on any atom is -0.485 e. The number of pyridine rings is 1. The highest BCUT2D eigenvalue weighted by molar-refractivity contribution is 5.87. The number of hydrogen-bond acceptors (Lipinski definition) is 6. The molecule has 0 unspecified atom stereocenters. The molecule has 1 amide bonds. The van der Waals surface area contributed by atoms with Crippen LogP contribution in [0.1, 0.15) is 25.1 Å². The number of aliphatic imine (C=N–C) groups is 1. The van der Waals surface area contributed by atoms with Crippen LogP contribution in [0.2, 0.25) is 0 Å². The lowest BCUT2D eigenvalue weighted by atomic mass is 10.1. The molecule has 31 heavy (non-hydrogen) atoms. The number of ether oxygens (including phenoxy) is 3. The van der Waals surface area contributed by atoms with E-state index in [4.69, 9.17) is 25.7 Å². The Morgan fingerprint density at radius 2 is 2.03 bits per heavy atom. The van der Waals surface area contributed by atoms with Crippen LogP contribution in [-0.4, -0.2) is 42.3 Å². The lowest BCUT2D eigenvalue weighted by Crippen LogP contribution is -2.54. The molecule has 9 nitrogen and oxygen atoms in total. The van der Waals surface area contributed by atoms with E-state index >= 15 is 0 Å². The van der Waals surface area contributed by atoms with Crippen molar-refractivity contribution in [3.63, 3.8) is 0 Å². The standard InChI is InChI=1S/C21H26FN5O4/c1-13(2)29-12-15-6-7-16(8-25-15)31-17-9-27(10-17)18-5-3-4-14(19(18)22)11-30-21(28)26-20(23)24/h3-8,13,17H,9-12H2,1-2H3,(H4,23,24,26,28). The highest BCUT2D eigenvalue weighted by Crippen LogP contribution is 2.28. The van der Waals surface area contributed by atoms with E-state index in [9.17, 15) is 9.18 Å². The Labute approximate surface area is 179 Å². The molecular formula is C21H26FN5O4. The number of anilines is 1. The summed E-state index contributed by atoms with van der Waals surface area (Å²) < 4.78 is 31.1. The molecule has 10 heteroatoms. The van der Waals surface area contributed by atoms with Crippen molar-refractivity contribution in [1.29, 1.82) is 0 Å². The van der Waals surface area contributed by atoms with Crippen molar-refractivity contribution in [1.82, 2.24) is 4.98 Å². The molecule has 1 saturated heterocycles. The number of rotatable bonds is 8. The summed E-state index contributed by atoms with van der Waals surface area (Å²) >= 11 is 0. The minimum atomic E-state index is -0.974. The van der Waals surface area contributed by atoms with Gasteiger partial charge >= 0.3 is 6.09 Å². The van der Waals surface area contributed by atoms with Gasteiger partial charge in [-0.1, -0.05) is 12.1 Å². The van der Waals surface area contributed by atoms with Crippen LogP contribution in [0.5, 0.6) is 5.75 Å². The molecule has 0 bridgehead atoms. The zero-order valence-electron chi connectivity index (χ0n) is 17.5. The third-order valence-electron chi connectivity index (χ3n) is 4.48. The van der Waals surface area contributed by atoms with E-state index in [1.165, 1.54) is 6.07 Å². The molecule has 2 aromatic rings. The first-order chi connectivity index (χ1) is 14.8. The van der Waals surface area contributed by atoms with Gasteiger partial charge in [0.1, 0.15) is 18.5 Å². The number of benzene rings is 1. The lowest BCUT2D eigenvalue weighted by Gasteiger charge is -2.40. The number of carbonyl (C=O) groups excluding carboxylic acids is 1. The summed E-state index contributed by atoms with van der Waals surface area (Å²) in [5.74, 6) is -0.229. The van der Waals surface area contributed by atoms with Gasteiger partial charge in [0.2, 0.25) is 0 Å². The van der Waals surface area contributed by atoms with E-state index in [0.717, 1.165) is 5.69 Å². The molecule has 3 rings (SSSR count). The molecule has 1 fully saturated rings. The van der Waals surface area contributed by atoms with Crippen LogP contribution < -0.4 is 21.1 Å². The van der Waals surface area contributed by atoms with Crippen LogP contribution >= 0.6 is 0 Å². The predicted octanol–water partition coefficient (Wildman–Crippen LogP) is 2.32. The van der Waals surface area contributed by atoms with Crippen LogP contribution in [0.25, 0.3) is 0 Å². The molecular weight excluding hydrogens is 405 g/mol. The maximum atomic E-state index is 14.8. The van der Waals surface area contributed by atoms with Gasteiger partial charge in [-0.05, 0) is 32.0 Å². The first-order valence-electron chi connectivity index (χ1n) is 9.83. The van der Waals surface area contributed by atoms with Gasteiger partial charge < -0.3 is 30.6 Å². The Bertz CT molecular complexity index is 926. The molecule has 1 aliphatic rings. The van der Waals surface area contributed by atoms with Gasteiger partial charge in [-0.25, -0.2) is 9.18 Å². The fourth-order valence-electron chi connectivity index (χ4n) is 2.92. The SMILES string of the molecule is CC(C)OCc1ccc(OC2CN(c3cccc(COC(=O)N=C(N)N)c3F)C2)cn1. The Hall–Kier alpha value is -3.40. The summed E-state index contributed by atoms with van der Waals surface area (Å²) in [5, 5.41) is 0. The van der Waals surface area contributed by atoms with Gasteiger partial charge in [0.05, 0.1) is 43.4 Å². The second kappa shape index (κ2) is 10.1. The van der Waals surface area contributed by atoms with Crippen LogP contribution in [0.15, 0.2) is 41.5 Å². The number of carbonyl (C=O) groups is 1. The monoisotopic (exact) mass is 431 g/mol. The van der Waals surface area contributed by atoms with Gasteiger partial charge in [-0.3, -0.25) is 4.98 Å². The summed E-state index contributed by atoms with van der Waals surface area (Å²) in [6.07, 6.45) is 0.746. The number of halogens is 1. The smallest absolute Gasteiger partial charge is 0.437 e. The molecule has 1 aromatic carbocycles. The highest BCUT2D eigenvalue weighted by atomic mass is 19.1. The zero-order chi connectivity index (χ0) is 22.4. The predicted molar refractivity (Wildman–Crippen MR) is 113 cm³/mol. The van der Waals surface area contributed by atoms with Crippen molar-refractivity contribution in [3.8, 4) is 5.75 Å². The largest absolute Gasteiger partial charge is 0.485 e. The van der Waals surface area contributed by atoms with E-state index in [1.807, 2.05) is 30.9 Å². The number of amides is 1. The first-order valence-corrected chi connectivity index (χ1v) is 9.83. The number of aromatic nitrogens is 1. The third kappa shape index (κ3) is 6.29. The van der Waals surface area contributed by atoms with Gasteiger partial charge in [0, 0.05) is 5.56 Å². The number of nitrogens with zero attached hydrogens (tertiary/aromatic N) is 3. The molecule has 0 radical (unpaired) electrons. The molecule has 166 valence electrons. The lowest BCUT2D eigenvalue weighted by molar-refractivity contribution is 0.0635. The van der Waals surface area contributed by atoms with Gasteiger partial charge in [-0.2, -0.15) is 0 Å². The Morgan fingerprint density at radius 3 is 2.68 bits per heavy atom. The Balaban J connectivity index is 1.51. The van der Waals surface area contributed by atoms with Gasteiger partial charge in [-0.15, -0.1) is 4.99 Å². The molecule has 4 N–H and O–H groups in total. The molecule has 1 aliphatic heterocycles. The van der Waals surface area contributed by atoms with E-state index in [1.54, 1.807) is 18.3 Å². The normalized spacial score (nSPS) is 13.6. The van der Waals surface area contributed by atoms with E-state index in [0.29, 0.717) is 31.1 Å². The van der Waals surface area contributed by atoms with E-state index < -0.39 is 17.9 Å². The van der Waals surface area contributed by atoms with Crippen LogP contribution in [0, 0.1) is 5.82 Å². The van der Waals surface area contributed by atoms with Crippen LogP contribution in [-0.2, 0) is 22.7 Å². The Morgan fingerprint density at radius 1 is 1.26 bits per heavy atom. The average Bonchev–Trinajstić information content (AvgIpc) is 2.69. The topological polar surface area (TPSA) is 125 Å². The maximum absolute atomic E-state index is 14.8. The average molecular weight is 431 g/mol. The van der Waals surface area contributed by atoms with Gasteiger partial charge in [0.15, 0.2) is 11.8 Å². The number of guanidine groups is 1. The number of nitrogens with two attached hydrogens (primary N) is 2. The zero-order valence-corrected chi connectivity index (χ0v) is 17.5. The van der Waals surface area contributed by atoms with Gasteiger partial charge in [0.25, 0.3) is 0 Å². The highest BCUT2D eigenvalue weighted by Gasteiger charge is 2.31. The first kappa shape index (κ1) is 22.3. The van der Waals surface area contributed by atoms with Crippen LogP contribution in [0.3, 0.4) is 0 Å². The molecule has 2 heterocycles. The minimum absolute atomic E-state index is 0.0812. The summed E-state index contributed by atoms with van der Waals surface area (Å²) in [5.41, 5.74) is 11.7. The quantitative estimate of drug-likeness (QED) is 0.482. The summed E-state index contributed by atoms with van der Waals surface area (Å²) in [7, 11) is 0. The summed E-state index contributed by atoms with van der Waals surface area (Å²) in [4.78, 5) is 20.8. The summed E-state index contributed by atoms with van der Waals surface area (Å²) in [6, 6.07) is 8.60. The van der Waals surface area contributed by atoms with Crippen molar-refractivity contribution >= 4 is 17.7 Å². The second-order valence-electron chi connectivity index (χ2n) is 7.33. The van der Waals surface area contributed by atoms with E-state index in [2.05, 4.69) is 9.98 Å². The van der Waals surface area contributed by atoms with Crippen molar-refractivity contribution in [2.45, 2.75) is 39.3 Å². The fraction of sp³-hybridized carbons (Fsp3) is 0.381. The second-order valence-corrected chi connectivity index (χ2v) is 7.33. The third-order valence-corrected chi connectivity index (χ3v) is 4.48. The summed E-state index contributed by atoms with van der Waals surface area (Å²) in [6.45, 7) is 5.15. The van der Waals surface area contributed by atoms with Crippen molar-refractivity contribution in [2.75, 3.05) is 18.0 Å². The molecule has 0 aliphatic carbocycles. The molecule has 1 aromatic heterocycles. The molecule has 0 atom stereocenters. The molecule has 0 saturated carbocycles. The van der Waals surface area contributed by atoms with E-state index in [-0.39, 0.29) is 24.4 Å². The molecule has 0 spiro atoms. The number of hydrogen-bond donors (Lipinski definition) is 2. The van der Waals surface area contributed by atoms with Crippen molar-refractivity contribution in [3.05, 3.63) is 53.6 Å².